The number of H-pyrrole nitrogens is 1. The number of hydrogen-bond donors (Lipinski definition) is 1. The quantitative estimate of drug-likeness (QED) is 0.526. The average molecular weight is 484 g/mol. The second-order valence-electron chi connectivity index (χ2n) is 8.27. The van der Waals surface area contributed by atoms with E-state index in [1.54, 1.807) is 0 Å². The van der Waals surface area contributed by atoms with Gasteiger partial charge in [0, 0.05) is 35.4 Å². The topological polar surface area (TPSA) is 73.4 Å². The van der Waals surface area contributed by atoms with Gasteiger partial charge in [0.15, 0.2) is 22.6 Å². The fourth-order valence-corrected chi connectivity index (χ4v) is 4.58. The predicted octanol–water partition coefficient (Wildman–Crippen LogP) is 5.03. The summed E-state index contributed by atoms with van der Waals surface area (Å²) in [5, 5.41) is 0.111. The predicted molar refractivity (Wildman–Crippen MR) is 112 cm³/mol. The summed E-state index contributed by atoms with van der Waals surface area (Å²) in [7, 11) is 2.42. The maximum atomic E-state index is 14.5. The first kappa shape index (κ1) is 23.9. The van der Waals surface area contributed by atoms with Crippen molar-refractivity contribution < 1.29 is 36.2 Å². The lowest BCUT2D eigenvalue weighted by Crippen LogP contribution is -2.46. The molecule has 0 unspecified atom stereocenters. The highest BCUT2D eigenvalue weighted by Gasteiger charge is 2.65. The minimum Gasteiger partial charge on any atom is -0.493 e. The van der Waals surface area contributed by atoms with Crippen LogP contribution in [0.25, 0.3) is 10.9 Å². The van der Waals surface area contributed by atoms with Crippen molar-refractivity contribution in [2.75, 3.05) is 14.2 Å². The lowest BCUT2D eigenvalue weighted by Gasteiger charge is -2.32. The molecule has 0 spiro atoms. The van der Waals surface area contributed by atoms with Crippen molar-refractivity contribution >= 4 is 10.9 Å². The van der Waals surface area contributed by atoms with Gasteiger partial charge in [0.25, 0.3) is 0 Å². The van der Waals surface area contributed by atoms with E-state index in [9.17, 15) is 26.7 Å². The zero-order chi connectivity index (χ0) is 25.0. The molecule has 0 aliphatic carbocycles. The monoisotopic (exact) mass is 484 g/mol. The van der Waals surface area contributed by atoms with Gasteiger partial charge in [-0.2, -0.15) is 17.6 Å². The van der Waals surface area contributed by atoms with Gasteiger partial charge in [-0.25, -0.2) is 9.37 Å². The molecule has 2 aromatic heterocycles. The summed E-state index contributed by atoms with van der Waals surface area (Å²) in [6.45, 7) is 2.20. The van der Waals surface area contributed by atoms with E-state index >= 15 is 0 Å². The average Bonchev–Trinajstić information content (AvgIpc) is 3.06. The molecule has 0 radical (unpaired) electrons. The van der Waals surface area contributed by atoms with Crippen LogP contribution in [0.1, 0.15) is 37.1 Å². The molecule has 1 aliphatic rings. The lowest BCUT2D eigenvalue weighted by atomic mass is 9.76. The zero-order valence-corrected chi connectivity index (χ0v) is 18.6. The first-order valence-corrected chi connectivity index (χ1v) is 10.3. The third-order valence-electron chi connectivity index (χ3n) is 6.54. The van der Waals surface area contributed by atoms with Crippen LogP contribution in [0.15, 0.2) is 35.3 Å². The summed E-state index contributed by atoms with van der Waals surface area (Å²) in [6, 6.07) is 4.56. The van der Waals surface area contributed by atoms with Crippen LogP contribution in [-0.2, 0) is 4.74 Å². The number of methoxy groups -OCH3 is 2. The largest absolute Gasteiger partial charge is 0.493 e. The maximum absolute atomic E-state index is 14.5. The van der Waals surface area contributed by atoms with E-state index in [4.69, 9.17) is 14.2 Å². The molecule has 1 aromatic carbocycles. The SMILES string of the molecule is COc1c([C@H]2[C@H](c3cc(=O)c4c(OC)nccc4[nH]3)O[C@@](C)(C(F)(F)F)[C@H]2C)ccc(F)c1F. The van der Waals surface area contributed by atoms with Crippen molar-refractivity contribution in [1.29, 1.82) is 0 Å². The normalized spacial score (nSPS) is 25.0. The molecular weight excluding hydrogens is 463 g/mol. The van der Waals surface area contributed by atoms with E-state index in [1.807, 2.05) is 0 Å². The van der Waals surface area contributed by atoms with Crippen LogP contribution < -0.4 is 14.9 Å². The molecular formula is C23H21F5N2O4. The maximum Gasteiger partial charge on any atom is 0.417 e. The Balaban J connectivity index is 1.97. The molecule has 0 amide bonds. The molecule has 0 saturated carbocycles. The Labute approximate surface area is 190 Å². The smallest absolute Gasteiger partial charge is 0.417 e. The molecule has 4 rings (SSSR count). The standard InChI is InChI=1S/C23H21F5N2O4/c1-10-16(11-5-6-12(24)18(25)19(11)32-3)20(34-22(10,2)23(26,27)28)14-9-15(31)17-13(30-14)7-8-29-21(17)33-4/h5-10,16,20H,1-4H3,(H,30,31)/t10-,16-,20-,22+/m0/s1. The Morgan fingerprint density at radius 3 is 2.47 bits per heavy atom. The molecule has 1 aliphatic heterocycles. The molecule has 1 saturated heterocycles. The van der Waals surface area contributed by atoms with Crippen LogP contribution in [0.5, 0.6) is 11.6 Å². The van der Waals surface area contributed by atoms with E-state index in [0.717, 1.165) is 26.2 Å². The molecule has 34 heavy (non-hydrogen) atoms. The van der Waals surface area contributed by atoms with Gasteiger partial charge in [-0.15, -0.1) is 0 Å². The number of nitrogens with zero attached hydrogens (tertiary/aromatic N) is 1. The number of hydrogen-bond acceptors (Lipinski definition) is 5. The van der Waals surface area contributed by atoms with Gasteiger partial charge < -0.3 is 19.2 Å². The Morgan fingerprint density at radius 1 is 1.15 bits per heavy atom. The fourth-order valence-electron chi connectivity index (χ4n) is 4.58. The first-order valence-electron chi connectivity index (χ1n) is 10.3. The van der Waals surface area contributed by atoms with E-state index in [-0.39, 0.29) is 28.0 Å². The van der Waals surface area contributed by atoms with Crippen molar-refractivity contribution in [2.24, 2.45) is 5.92 Å². The Morgan fingerprint density at radius 2 is 1.85 bits per heavy atom. The molecule has 11 heteroatoms. The van der Waals surface area contributed by atoms with Gasteiger partial charge in [0.05, 0.1) is 19.7 Å². The molecule has 3 heterocycles. The number of aromatic nitrogens is 2. The second-order valence-corrected chi connectivity index (χ2v) is 8.27. The highest BCUT2D eigenvalue weighted by molar-refractivity contribution is 5.83. The van der Waals surface area contributed by atoms with E-state index in [1.165, 1.54) is 32.4 Å². The van der Waals surface area contributed by atoms with Crippen LogP contribution in [0, 0.1) is 17.6 Å². The highest BCUT2D eigenvalue weighted by Crippen LogP contribution is 2.59. The molecule has 0 bridgehead atoms. The number of aromatic amines is 1. The van der Waals surface area contributed by atoms with E-state index in [0.29, 0.717) is 0 Å². The van der Waals surface area contributed by atoms with Crippen molar-refractivity contribution in [3.05, 3.63) is 63.6 Å². The third kappa shape index (κ3) is 3.49. The molecule has 6 nitrogen and oxygen atoms in total. The number of rotatable bonds is 4. The Hall–Kier alpha value is -3.21. The minimum absolute atomic E-state index is 0.0138. The second kappa shape index (κ2) is 8.23. The van der Waals surface area contributed by atoms with Crippen LogP contribution >= 0.6 is 0 Å². The molecule has 1 fully saturated rings. The Bertz CT molecular complexity index is 1310. The van der Waals surface area contributed by atoms with E-state index < -0.39 is 52.5 Å². The minimum atomic E-state index is -4.80. The Kier molecular flexibility index (Phi) is 5.79. The first-order chi connectivity index (χ1) is 15.9. The van der Waals surface area contributed by atoms with Gasteiger partial charge in [0.2, 0.25) is 11.7 Å². The highest BCUT2D eigenvalue weighted by atomic mass is 19.4. The summed E-state index contributed by atoms with van der Waals surface area (Å²) >= 11 is 0. The van der Waals surface area contributed by atoms with Gasteiger partial charge in [-0.3, -0.25) is 4.79 Å². The van der Waals surface area contributed by atoms with Gasteiger partial charge in [0.1, 0.15) is 11.5 Å². The van der Waals surface area contributed by atoms with Crippen LogP contribution in [0.2, 0.25) is 0 Å². The fraction of sp³-hybridized carbons (Fsp3) is 0.391. The number of nitrogens with one attached hydrogen (secondary N) is 1. The third-order valence-corrected chi connectivity index (χ3v) is 6.54. The van der Waals surface area contributed by atoms with Crippen molar-refractivity contribution in [3.63, 3.8) is 0 Å². The summed E-state index contributed by atoms with van der Waals surface area (Å²) in [5.41, 5.74) is -2.92. The van der Waals surface area contributed by atoms with Gasteiger partial charge in [-0.05, 0) is 19.1 Å². The van der Waals surface area contributed by atoms with Gasteiger partial charge >= 0.3 is 6.18 Å². The van der Waals surface area contributed by atoms with Gasteiger partial charge in [-0.1, -0.05) is 13.0 Å². The molecule has 3 aromatic rings. The summed E-state index contributed by atoms with van der Waals surface area (Å²) in [4.78, 5) is 19.8. The molecule has 4 atom stereocenters. The zero-order valence-electron chi connectivity index (χ0n) is 18.6. The summed E-state index contributed by atoms with van der Waals surface area (Å²) in [5.74, 6) is -5.41. The van der Waals surface area contributed by atoms with E-state index in [2.05, 4.69) is 9.97 Å². The molecule has 182 valence electrons. The number of fused-ring (bicyclic) bond motifs is 1. The van der Waals surface area contributed by atoms with Crippen LogP contribution in [0.3, 0.4) is 0 Å². The van der Waals surface area contributed by atoms with Crippen LogP contribution in [0.4, 0.5) is 22.0 Å². The number of halogens is 5. The molecule has 1 N–H and O–H groups in total. The lowest BCUT2D eigenvalue weighted by molar-refractivity contribution is -0.275. The number of ether oxygens (including phenoxy) is 3. The number of pyridine rings is 2. The summed E-state index contributed by atoms with van der Waals surface area (Å²) < 4.78 is 86.5. The number of alkyl halides is 3. The summed E-state index contributed by atoms with van der Waals surface area (Å²) in [6.07, 6.45) is -4.79. The van der Waals surface area contributed by atoms with Crippen molar-refractivity contribution in [2.45, 2.75) is 37.6 Å². The van der Waals surface area contributed by atoms with Crippen molar-refractivity contribution in [1.82, 2.24) is 9.97 Å². The van der Waals surface area contributed by atoms with Crippen molar-refractivity contribution in [3.8, 4) is 11.6 Å². The van der Waals surface area contributed by atoms with Crippen LogP contribution in [-0.4, -0.2) is 36.0 Å². The number of benzene rings is 1.